The molecule has 0 fully saturated rings. The summed E-state index contributed by atoms with van der Waals surface area (Å²) in [6.45, 7) is 1.89. The number of carbonyl (C=O) groups is 1. The van der Waals surface area contributed by atoms with Crippen LogP contribution in [-0.4, -0.2) is 24.6 Å². The Hall–Kier alpha value is -1.46. The second-order valence-electron chi connectivity index (χ2n) is 3.34. The number of rotatable bonds is 4. The zero-order valence-corrected chi connectivity index (χ0v) is 10.1. The number of nitrogens with one attached hydrogen (secondary N) is 1. The van der Waals surface area contributed by atoms with Crippen LogP contribution in [0.5, 0.6) is 0 Å². The number of nitrogens with two attached hydrogens (primary N) is 1. The van der Waals surface area contributed by atoms with Crippen molar-refractivity contribution in [3.63, 3.8) is 0 Å². The van der Waals surface area contributed by atoms with E-state index in [1.165, 1.54) is 7.11 Å². The molecule has 0 unspecified atom stereocenters. The second kappa shape index (κ2) is 5.58. The molecule has 0 heterocycles. The Morgan fingerprint density at radius 3 is 2.81 bits per heavy atom. The maximum Gasteiger partial charge on any atom is 0.250 e. The van der Waals surface area contributed by atoms with Crippen molar-refractivity contribution < 1.29 is 9.53 Å². The monoisotopic (exact) mass is 238 g/mol. The number of hydrogen-bond acceptors (Lipinski definition) is 3. The van der Waals surface area contributed by atoms with Gasteiger partial charge in [-0.2, -0.15) is 0 Å². The van der Waals surface area contributed by atoms with Gasteiger partial charge in [0.2, 0.25) is 5.91 Å². The van der Waals surface area contributed by atoms with E-state index in [0.29, 0.717) is 11.3 Å². The van der Waals surface area contributed by atoms with Crippen molar-refractivity contribution in [2.24, 2.45) is 5.73 Å². The van der Waals surface area contributed by atoms with Gasteiger partial charge in [0, 0.05) is 12.7 Å². The number of hydrogen-bond donors (Lipinski definition) is 2. The Kier molecular flexibility index (Phi) is 4.39. The summed E-state index contributed by atoms with van der Waals surface area (Å²) >= 11 is 4.95. The molecule has 4 nitrogen and oxygen atoms in total. The van der Waals surface area contributed by atoms with E-state index >= 15 is 0 Å². The Balaban J connectivity index is 3.00. The van der Waals surface area contributed by atoms with E-state index in [2.05, 4.69) is 5.32 Å². The number of methoxy groups -OCH3 is 1. The van der Waals surface area contributed by atoms with Gasteiger partial charge in [-0.1, -0.05) is 24.4 Å². The number of benzene rings is 1. The summed E-state index contributed by atoms with van der Waals surface area (Å²) in [5.74, 6) is -0.231. The molecule has 0 atom stereocenters. The molecule has 0 spiro atoms. The third-order valence-corrected chi connectivity index (χ3v) is 2.27. The summed E-state index contributed by atoms with van der Waals surface area (Å²) in [5.41, 5.74) is 7.86. The minimum Gasteiger partial charge on any atom is -0.389 e. The van der Waals surface area contributed by atoms with Gasteiger partial charge in [-0.3, -0.25) is 4.79 Å². The number of thiocarbonyl (C=S) groups is 1. The highest BCUT2D eigenvalue weighted by atomic mass is 32.1. The molecule has 0 aromatic heterocycles. The fourth-order valence-electron chi connectivity index (χ4n) is 1.42. The summed E-state index contributed by atoms with van der Waals surface area (Å²) in [4.78, 5) is 11.6. The van der Waals surface area contributed by atoms with Gasteiger partial charge in [-0.25, -0.2) is 0 Å². The van der Waals surface area contributed by atoms with Crippen LogP contribution in [0.2, 0.25) is 0 Å². The lowest BCUT2D eigenvalue weighted by Crippen LogP contribution is -2.21. The fourth-order valence-corrected chi connectivity index (χ4v) is 1.69. The molecule has 0 aliphatic carbocycles. The quantitative estimate of drug-likeness (QED) is 0.774. The van der Waals surface area contributed by atoms with Crippen LogP contribution in [0, 0.1) is 6.92 Å². The Bertz CT molecular complexity index is 418. The molecule has 0 aliphatic rings. The van der Waals surface area contributed by atoms with E-state index < -0.39 is 0 Å². The molecule has 0 bridgehead atoms. The van der Waals surface area contributed by atoms with Crippen LogP contribution in [0.15, 0.2) is 18.2 Å². The smallest absolute Gasteiger partial charge is 0.250 e. The summed E-state index contributed by atoms with van der Waals surface area (Å²) in [6.07, 6.45) is 0. The predicted octanol–water partition coefficient (Wildman–Crippen LogP) is 1.21. The van der Waals surface area contributed by atoms with Gasteiger partial charge in [0.1, 0.15) is 11.6 Å². The van der Waals surface area contributed by atoms with Crippen LogP contribution >= 0.6 is 12.2 Å². The Morgan fingerprint density at radius 2 is 2.25 bits per heavy atom. The summed E-state index contributed by atoms with van der Waals surface area (Å²) in [6, 6.07) is 5.48. The highest BCUT2D eigenvalue weighted by Gasteiger charge is 2.10. The topological polar surface area (TPSA) is 64.3 Å². The first-order chi connectivity index (χ1) is 7.56. The molecular formula is C11H14N2O2S. The summed E-state index contributed by atoms with van der Waals surface area (Å²) in [7, 11) is 1.46. The van der Waals surface area contributed by atoms with Crippen LogP contribution in [0.3, 0.4) is 0 Å². The van der Waals surface area contributed by atoms with Crippen molar-refractivity contribution in [1.29, 1.82) is 0 Å². The molecule has 3 N–H and O–H groups in total. The highest BCUT2D eigenvalue weighted by Crippen LogP contribution is 2.19. The van der Waals surface area contributed by atoms with Gasteiger partial charge in [-0.15, -0.1) is 0 Å². The molecule has 1 amide bonds. The molecule has 0 saturated carbocycles. The molecule has 0 saturated heterocycles. The lowest BCUT2D eigenvalue weighted by molar-refractivity contribution is -0.119. The molecule has 5 heteroatoms. The normalized spacial score (nSPS) is 9.88. The zero-order chi connectivity index (χ0) is 12.1. The molecule has 1 aromatic carbocycles. The number of anilines is 1. The van der Waals surface area contributed by atoms with Crippen LogP contribution in [0.1, 0.15) is 11.1 Å². The lowest BCUT2D eigenvalue weighted by atomic mass is 10.1. The zero-order valence-electron chi connectivity index (χ0n) is 9.24. The SMILES string of the molecule is COCC(=O)Nc1cccc(C)c1C(N)=S. The van der Waals surface area contributed by atoms with Gasteiger partial charge in [0.05, 0.1) is 5.69 Å². The number of aryl methyl sites for hydroxylation is 1. The molecule has 0 radical (unpaired) electrons. The third kappa shape index (κ3) is 3.01. The van der Waals surface area contributed by atoms with E-state index in [-0.39, 0.29) is 17.5 Å². The van der Waals surface area contributed by atoms with Crippen molar-refractivity contribution in [2.75, 3.05) is 19.0 Å². The molecule has 86 valence electrons. The summed E-state index contributed by atoms with van der Waals surface area (Å²) in [5, 5.41) is 2.70. The average Bonchev–Trinajstić information content (AvgIpc) is 2.17. The molecule has 1 aromatic rings. The highest BCUT2D eigenvalue weighted by molar-refractivity contribution is 7.80. The first kappa shape index (κ1) is 12.6. The van der Waals surface area contributed by atoms with E-state index in [4.69, 9.17) is 22.7 Å². The van der Waals surface area contributed by atoms with Crippen LogP contribution in [0.4, 0.5) is 5.69 Å². The van der Waals surface area contributed by atoms with Gasteiger partial charge in [0.15, 0.2) is 0 Å². The van der Waals surface area contributed by atoms with Crippen molar-refractivity contribution in [3.05, 3.63) is 29.3 Å². The third-order valence-electron chi connectivity index (χ3n) is 2.07. The maximum absolute atomic E-state index is 11.4. The van der Waals surface area contributed by atoms with Crippen molar-refractivity contribution >= 4 is 28.8 Å². The largest absolute Gasteiger partial charge is 0.389 e. The lowest BCUT2D eigenvalue weighted by Gasteiger charge is -2.12. The first-order valence-electron chi connectivity index (χ1n) is 4.74. The van der Waals surface area contributed by atoms with E-state index in [1.54, 1.807) is 6.07 Å². The number of carbonyl (C=O) groups excluding carboxylic acids is 1. The average molecular weight is 238 g/mol. The Labute approximate surface area is 99.8 Å². The first-order valence-corrected chi connectivity index (χ1v) is 5.15. The van der Waals surface area contributed by atoms with Crippen LogP contribution < -0.4 is 11.1 Å². The predicted molar refractivity (Wildman–Crippen MR) is 67.6 cm³/mol. The van der Waals surface area contributed by atoms with Gasteiger partial charge in [0.25, 0.3) is 0 Å². The minimum absolute atomic E-state index is 0.00468. The number of amides is 1. The molecular weight excluding hydrogens is 224 g/mol. The van der Waals surface area contributed by atoms with E-state index in [0.717, 1.165) is 5.56 Å². The van der Waals surface area contributed by atoms with Crippen molar-refractivity contribution in [1.82, 2.24) is 0 Å². The van der Waals surface area contributed by atoms with E-state index in [1.807, 2.05) is 19.1 Å². The molecule has 16 heavy (non-hydrogen) atoms. The minimum atomic E-state index is -0.231. The molecule has 0 aliphatic heterocycles. The summed E-state index contributed by atoms with van der Waals surface area (Å²) < 4.78 is 4.73. The molecule has 1 rings (SSSR count). The Morgan fingerprint density at radius 1 is 1.56 bits per heavy atom. The van der Waals surface area contributed by atoms with Gasteiger partial charge in [-0.05, 0) is 18.6 Å². The van der Waals surface area contributed by atoms with Crippen LogP contribution in [-0.2, 0) is 9.53 Å². The number of ether oxygens (including phenoxy) is 1. The van der Waals surface area contributed by atoms with Crippen molar-refractivity contribution in [2.45, 2.75) is 6.92 Å². The van der Waals surface area contributed by atoms with Crippen LogP contribution in [0.25, 0.3) is 0 Å². The maximum atomic E-state index is 11.4. The fraction of sp³-hybridized carbons (Fsp3) is 0.273. The second-order valence-corrected chi connectivity index (χ2v) is 3.78. The van der Waals surface area contributed by atoms with Crippen molar-refractivity contribution in [3.8, 4) is 0 Å². The van der Waals surface area contributed by atoms with Gasteiger partial charge >= 0.3 is 0 Å². The van der Waals surface area contributed by atoms with Gasteiger partial charge < -0.3 is 15.8 Å². The standard InChI is InChI=1S/C11H14N2O2S/c1-7-4-3-5-8(10(7)11(12)16)13-9(14)6-15-2/h3-5H,6H2,1-2H3,(H2,12,16)(H,13,14). The van der Waals surface area contributed by atoms with E-state index in [9.17, 15) is 4.79 Å².